The monoisotopic (exact) mass is 303 g/mol. The molecule has 22 heavy (non-hydrogen) atoms. The second-order valence-electron chi connectivity index (χ2n) is 6.86. The van der Waals surface area contributed by atoms with Crippen LogP contribution in [0.4, 0.5) is 5.69 Å². The highest BCUT2D eigenvalue weighted by molar-refractivity contribution is 6.03. The lowest BCUT2D eigenvalue weighted by Gasteiger charge is -2.35. The van der Waals surface area contributed by atoms with Gasteiger partial charge in [-0.2, -0.15) is 0 Å². The third-order valence-electron chi connectivity index (χ3n) is 5.78. The number of hydrogen-bond acceptors (Lipinski definition) is 4. The summed E-state index contributed by atoms with van der Waals surface area (Å²) in [7, 11) is 1.57. The Morgan fingerprint density at radius 3 is 2.55 bits per heavy atom. The molecule has 0 aromatic heterocycles. The van der Waals surface area contributed by atoms with E-state index in [1.165, 1.54) is 0 Å². The molecule has 0 radical (unpaired) electrons. The zero-order valence-electron chi connectivity index (χ0n) is 13.4. The first-order chi connectivity index (χ1) is 10.3. The van der Waals surface area contributed by atoms with Crippen LogP contribution < -0.4 is 10.1 Å². The smallest absolute Gasteiger partial charge is 0.313 e. The van der Waals surface area contributed by atoms with Crippen LogP contribution in [0.25, 0.3) is 0 Å². The minimum atomic E-state index is -1.10. The van der Waals surface area contributed by atoms with Gasteiger partial charge in [-0.3, -0.25) is 9.59 Å². The van der Waals surface area contributed by atoms with Crippen LogP contribution in [0.3, 0.4) is 0 Å². The summed E-state index contributed by atoms with van der Waals surface area (Å²) in [5, 5.41) is 2.87. The van der Waals surface area contributed by atoms with Crippen LogP contribution in [0.1, 0.15) is 33.6 Å². The highest BCUT2D eigenvalue weighted by Crippen LogP contribution is 2.65. The predicted molar refractivity (Wildman–Crippen MR) is 81.6 cm³/mol. The van der Waals surface area contributed by atoms with E-state index in [0.717, 1.165) is 0 Å². The number of esters is 1. The van der Waals surface area contributed by atoms with Crippen LogP contribution >= 0.6 is 0 Å². The van der Waals surface area contributed by atoms with Crippen molar-refractivity contribution < 1.29 is 19.1 Å². The predicted octanol–water partition coefficient (Wildman–Crippen LogP) is 2.76. The molecule has 3 rings (SSSR count). The Labute approximate surface area is 130 Å². The Kier molecular flexibility index (Phi) is 3.03. The standard InChI is InChI=1S/C17H21NO4/c1-15(2)16(3)8-9-17(15,22-14(16)20)13(19)18-11-6-5-7-12(10-11)21-4/h5-7,10H,8-9H2,1-4H3,(H,18,19)/t16-,17-/m0/s1. The number of anilines is 1. The normalized spacial score (nSPS) is 31.7. The summed E-state index contributed by atoms with van der Waals surface area (Å²) in [5.74, 6) is 0.124. The van der Waals surface area contributed by atoms with Gasteiger partial charge >= 0.3 is 5.97 Å². The number of benzene rings is 1. The number of hydrogen-bond donors (Lipinski definition) is 1. The van der Waals surface area contributed by atoms with Gasteiger partial charge in [0.2, 0.25) is 0 Å². The first kappa shape index (κ1) is 14.9. The van der Waals surface area contributed by atoms with E-state index in [0.29, 0.717) is 24.3 Å². The number of rotatable bonds is 3. The van der Waals surface area contributed by atoms with Gasteiger partial charge in [0, 0.05) is 17.2 Å². The molecular formula is C17H21NO4. The summed E-state index contributed by atoms with van der Waals surface area (Å²) in [6, 6.07) is 7.14. The van der Waals surface area contributed by atoms with E-state index in [2.05, 4.69) is 5.32 Å². The second-order valence-corrected chi connectivity index (χ2v) is 6.86. The van der Waals surface area contributed by atoms with Gasteiger partial charge in [-0.1, -0.05) is 19.9 Å². The largest absolute Gasteiger partial charge is 0.497 e. The average Bonchev–Trinajstić information content (AvgIpc) is 2.78. The highest BCUT2D eigenvalue weighted by Gasteiger charge is 2.75. The van der Waals surface area contributed by atoms with Crippen LogP contribution in [-0.4, -0.2) is 24.6 Å². The van der Waals surface area contributed by atoms with Crippen molar-refractivity contribution in [2.75, 3.05) is 12.4 Å². The molecule has 1 aromatic carbocycles. The summed E-state index contributed by atoms with van der Waals surface area (Å²) < 4.78 is 10.7. The van der Waals surface area contributed by atoms with Crippen LogP contribution in [0, 0.1) is 10.8 Å². The number of nitrogens with one attached hydrogen (secondary N) is 1. The lowest BCUT2D eigenvalue weighted by molar-refractivity contribution is -0.165. The molecule has 118 valence electrons. The summed E-state index contributed by atoms with van der Waals surface area (Å²) in [6.45, 7) is 5.77. The SMILES string of the molecule is COc1cccc(NC(=O)[C@]23CC[C@@](C)(C(=O)O2)C3(C)C)c1. The zero-order valence-corrected chi connectivity index (χ0v) is 13.4. The van der Waals surface area contributed by atoms with E-state index in [1.807, 2.05) is 20.8 Å². The number of amides is 1. The number of ether oxygens (including phenoxy) is 2. The third-order valence-corrected chi connectivity index (χ3v) is 5.78. The van der Waals surface area contributed by atoms with Crippen molar-refractivity contribution in [2.45, 2.75) is 39.2 Å². The molecule has 1 amide bonds. The number of fused-ring (bicyclic) bond motifs is 2. The molecule has 2 bridgehead atoms. The van der Waals surface area contributed by atoms with Gasteiger partial charge in [0.25, 0.3) is 5.91 Å². The van der Waals surface area contributed by atoms with Gasteiger partial charge in [0.05, 0.1) is 12.5 Å². The molecule has 1 aromatic rings. The van der Waals surface area contributed by atoms with E-state index in [-0.39, 0.29) is 11.9 Å². The minimum Gasteiger partial charge on any atom is -0.497 e. The number of carbonyl (C=O) groups is 2. The average molecular weight is 303 g/mol. The van der Waals surface area contributed by atoms with Crippen molar-refractivity contribution in [2.24, 2.45) is 10.8 Å². The van der Waals surface area contributed by atoms with Gasteiger partial charge < -0.3 is 14.8 Å². The molecule has 1 saturated carbocycles. The third kappa shape index (κ3) is 1.65. The number of methoxy groups -OCH3 is 1. The van der Waals surface area contributed by atoms with Crippen molar-refractivity contribution in [3.63, 3.8) is 0 Å². The molecule has 1 heterocycles. The van der Waals surface area contributed by atoms with E-state index >= 15 is 0 Å². The van der Waals surface area contributed by atoms with Crippen LogP contribution in [0.15, 0.2) is 24.3 Å². The fourth-order valence-electron chi connectivity index (χ4n) is 3.68. The van der Waals surface area contributed by atoms with Gasteiger partial charge in [-0.15, -0.1) is 0 Å². The van der Waals surface area contributed by atoms with Crippen molar-refractivity contribution >= 4 is 17.6 Å². The lowest BCUT2D eigenvalue weighted by Crippen LogP contribution is -2.50. The van der Waals surface area contributed by atoms with Crippen molar-refractivity contribution in [1.29, 1.82) is 0 Å². The molecule has 2 aliphatic rings. The topological polar surface area (TPSA) is 64.6 Å². The van der Waals surface area contributed by atoms with Crippen molar-refractivity contribution in [1.82, 2.24) is 0 Å². The van der Waals surface area contributed by atoms with Crippen LogP contribution in [0.2, 0.25) is 0 Å². The van der Waals surface area contributed by atoms with Gasteiger partial charge in [-0.25, -0.2) is 0 Å². The van der Waals surface area contributed by atoms with E-state index in [1.54, 1.807) is 31.4 Å². The van der Waals surface area contributed by atoms with Gasteiger partial charge in [0.15, 0.2) is 5.60 Å². The Morgan fingerprint density at radius 2 is 2.00 bits per heavy atom. The summed E-state index contributed by atoms with van der Waals surface area (Å²) in [5.41, 5.74) is -1.60. The number of carbonyl (C=O) groups excluding carboxylic acids is 2. The van der Waals surface area contributed by atoms with E-state index < -0.39 is 16.4 Å². The van der Waals surface area contributed by atoms with Crippen molar-refractivity contribution in [3.05, 3.63) is 24.3 Å². The van der Waals surface area contributed by atoms with Crippen LogP contribution in [0.5, 0.6) is 5.75 Å². The summed E-state index contributed by atoms with van der Waals surface area (Å²) in [4.78, 5) is 25.1. The molecule has 1 N–H and O–H groups in total. The first-order valence-corrected chi connectivity index (χ1v) is 7.46. The summed E-state index contributed by atoms with van der Waals surface area (Å²) >= 11 is 0. The maximum atomic E-state index is 12.9. The molecule has 1 aliphatic heterocycles. The van der Waals surface area contributed by atoms with Crippen LogP contribution in [-0.2, 0) is 14.3 Å². The first-order valence-electron chi connectivity index (χ1n) is 7.46. The highest BCUT2D eigenvalue weighted by atomic mass is 16.6. The minimum absolute atomic E-state index is 0.264. The maximum absolute atomic E-state index is 12.9. The Hall–Kier alpha value is -2.04. The van der Waals surface area contributed by atoms with Gasteiger partial charge in [-0.05, 0) is 31.9 Å². The fraction of sp³-hybridized carbons (Fsp3) is 0.529. The molecular weight excluding hydrogens is 282 g/mol. The Balaban J connectivity index is 1.91. The maximum Gasteiger partial charge on any atom is 0.313 e. The van der Waals surface area contributed by atoms with Gasteiger partial charge in [0.1, 0.15) is 5.75 Å². The second kappa shape index (κ2) is 4.48. The van der Waals surface area contributed by atoms with E-state index in [9.17, 15) is 9.59 Å². The molecule has 1 saturated heterocycles. The fourth-order valence-corrected chi connectivity index (χ4v) is 3.68. The zero-order chi connectivity index (χ0) is 16.2. The van der Waals surface area contributed by atoms with Crippen molar-refractivity contribution in [3.8, 4) is 5.75 Å². The molecule has 0 spiro atoms. The molecule has 0 unspecified atom stereocenters. The Morgan fingerprint density at radius 1 is 1.27 bits per heavy atom. The molecule has 5 nitrogen and oxygen atoms in total. The lowest BCUT2D eigenvalue weighted by atomic mass is 9.66. The van der Waals surface area contributed by atoms with E-state index in [4.69, 9.17) is 9.47 Å². The summed E-state index contributed by atoms with van der Waals surface area (Å²) in [6.07, 6.45) is 1.22. The molecule has 5 heteroatoms. The molecule has 2 fully saturated rings. The Bertz CT molecular complexity index is 654. The molecule has 1 aliphatic carbocycles. The quantitative estimate of drug-likeness (QED) is 0.872. The molecule has 2 atom stereocenters.